The lowest BCUT2D eigenvalue weighted by Crippen LogP contribution is -2.54. The number of hydrogen-bond acceptors (Lipinski definition) is 5. The maximum absolute atomic E-state index is 12.9. The van der Waals surface area contributed by atoms with Crippen LogP contribution in [0.3, 0.4) is 0 Å². The van der Waals surface area contributed by atoms with E-state index in [0.29, 0.717) is 19.0 Å². The molecular formula is C21H38N6O3. The molecule has 1 aliphatic heterocycles. The van der Waals surface area contributed by atoms with Crippen LogP contribution in [0.25, 0.3) is 0 Å². The third-order valence-corrected chi connectivity index (χ3v) is 5.31. The van der Waals surface area contributed by atoms with E-state index >= 15 is 0 Å². The Bertz CT molecular complexity index is 793. The molecule has 1 saturated heterocycles. The standard InChI is InChI=1S/C21H38N6O3/c1-13-16(14(2)26(10)25-13)11-23-18(22-9)24-12-17-15(3)29-21(7,8)27(17)19(28)30-20(4,5)6/h15,17H,11-12H2,1-10H3,(H2,22,23,24). The van der Waals surface area contributed by atoms with Crippen LogP contribution in [0.5, 0.6) is 0 Å². The number of aliphatic imine (C=N–C) groups is 1. The summed E-state index contributed by atoms with van der Waals surface area (Å²) in [7, 11) is 3.66. The van der Waals surface area contributed by atoms with E-state index in [2.05, 4.69) is 20.7 Å². The summed E-state index contributed by atoms with van der Waals surface area (Å²) in [5.74, 6) is 0.652. The van der Waals surface area contributed by atoms with Crippen LogP contribution in [0.1, 0.15) is 58.5 Å². The van der Waals surface area contributed by atoms with Gasteiger partial charge < -0.3 is 20.1 Å². The molecule has 9 nitrogen and oxygen atoms in total. The van der Waals surface area contributed by atoms with Crippen molar-refractivity contribution in [3.8, 4) is 0 Å². The van der Waals surface area contributed by atoms with Crippen LogP contribution in [0, 0.1) is 13.8 Å². The Morgan fingerprint density at radius 2 is 1.93 bits per heavy atom. The van der Waals surface area contributed by atoms with E-state index in [-0.39, 0.29) is 18.2 Å². The van der Waals surface area contributed by atoms with Gasteiger partial charge in [0, 0.05) is 38.4 Å². The van der Waals surface area contributed by atoms with Crippen molar-refractivity contribution < 1.29 is 14.3 Å². The number of aromatic nitrogens is 2. The van der Waals surface area contributed by atoms with Gasteiger partial charge in [-0.05, 0) is 55.4 Å². The second kappa shape index (κ2) is 8.83. The predicted molar refractivity (Wildman–Crippen MR) is 117 cm³/mol. The molecule has 1 aromatic heterocycles. The minimum atomic E-state index is -0.755. The van der Waals surface area contributed by atoms with Gasteiger partial charge in [-0.2, -0.15) is 5.10 Å². The van der Waals surface area contributed by atoms with Crippen LogP contribution in [0.2, 0.25) is 0 Å². The van der Waals surface area contributed by atoms with Gasteiger partial charge in [0.1, 0.15) is 11.3 Å². The first-order valence-corrected chi connectivity index (χ1v) is 10.4. The number of nitrogens with zero attached hydrogens (tertiary/aromatic N) is 4. The van der Waals surface area contributed by atoms with Gasteiger partial charge in [-0.25, -0.2) is 4.79 Å². The van der Waals surface area contributed by atoms with Crippen molar-refractivity contribution in [1.29, 1.82) is 0 Å². The van der Waals surface area contributed by atoms with Crippen molar-refractivity contribution >= 4 is 12.1 Å². The van der Waals surface area contributed by atoms with Gasteiger partial charge >= 0.3 is 6.09 Å². The molecule has 30 heavy (non-hydrogen) atoms. The molecule has 0 aromatic carbocycles. The third kappa shape index (κ3) is 5.44. The zero-order valence-electron chi connectivity index (χ0n) is 20.1. The fraction of sp³-hybridized carbons (Fsp3) is 0.762. The van der Waals surface area contributed by atoms with Crippen molar-refractivity contribution in [2.24, 2.45) is 12.0 Å². The quantitative estimate of drug-likeness (QED) is 0.572. The smallest absolute Gasteiger partial charge is 0.412 e. The minimum Gasteiger partial charge on any atom is -0.444 e. The Hall–Kier alpha value is -2.29. The Morgan fingerprint density at radius 1 is 1.30 bits per heavy atom. The SMILES string of the molecule is CN=C(NCc1c(C)nn(C)c1C)NCC1C(C)OC(C)(C)N1C(=O)OC(C)(C)C. The zero-order chi connectivity index (χ0) is 22.9. The van der Waals surface area contributed by atoms with E-state index < -0.39 is 11.3 Å². The normalized spacial score (nSPS) is 21.7. The molecule has 2 rings (SSSR count). The van der Waals surface area contributed by atoms with E-state index in [1.807, 2.05) is 67.1 Å². The molecule has 170 valence electrons. The van der Waals surface area contributed by atoms with E-state index in [1.54, 1.807) is 11.9 Å². The molecule has 0 radical (unpaired) electrons. The summed E-state index contributed by atoms with van der Waals surface area (Å²) < 4.78 is 13.6. The van der Waals surface area contributed by atoms with Crippen LogP contribution in [-0.2, 0) is 23.1 Å². The van der Waals surface area contributed by atoms with Crippen molar-refractivity contribution in [3.05, 3.63) is 17.0 Å². The number of ether oxygens (including phenoxy) is 2. The molecule has 1 amide bonds. The molecular weight excluding hydrogens is 384 g/mol. The molecule has 1 aromatic rings. The summed E-state index contributed by atoms with van der Waals surface area (Å²) in [5, 5.41) is 11.1. The van der Waals surface area contributed by atoms with Crippen LogP contribution in [0.15, 0.2) is 4.99 Å². The van der Waals surface area contributed by atoms with Crippen molar-refractivity contribution in [2.75, 3.05) is 13.6 Å². The van der Waals surface area contributed by atoms with Crippen LogP contribution in [0.4, 0.5) is 4.79 Å². The summed E-state index contributed by atoms with van der Waals surface area (Å²) in [6, 6.07) is -0.199. The number of guanidine groups is 1. The Balaban J connectivity index is 2.05. The predicted octanol–water partition coefficient (Wildman–Crippen LogP) is 2.46. The van der Waals surface area contributed by atoms with E-state index in [0.717, 1.165) is 17.0 Å². The van der Waals surface area contributed by atoms with E-state index in [9.17, 15) is 4.79 Å². The van der Waals surface area contributed by atoms with Gasteiger partial charge in [0.05, 0.1) is 17.8 Å². The van der Waals surface area contributed by atoms with Crippen LogP contribution >= 0.6 is 0 Å². The van der Waals surface area contributed by atoms with Gasteiger partial charge in [0.15, 0.2) is 5.96 Å². The second-order valence-corrected chi connectivity index (χ2v) is 9.27. The van der Waals surface area contributed by atoms with Gasteiger partial charge in [-0.15, -0.1) is 0 Å². The molecule has 2 atom stereocenters. The molecule has 0 spiro atoms. The third-order valence-electron chi connectivity index (χ3n) is 5.31. The summed E-state index contributed by atoms with van der Waals surface area (Å²) in [4.78, 5) is 18.9. The molecule has 0 saturated carbocycles. The Labute approximate surface area is 180 Å². The zero-order valence-corrected chi connectivity index (χ0v) is 20.1. The van der Waals surface area contributed by atoms with Crippen molar-refractivity contribution in [1.82, 2.24) is 25.3 Å². The molecule has 2 N–H and O–H groups in total. The highest BCUT2D eigenvalue weighted by atomic mass is 16.6. The Kier molecular flexibility index (Phi) is 7.06. The lowest BCUT2D eigenvalue weighted by Gasteiger charge is -2.35. The first-order chi connectivity index (χ1) is 13.8. The molecule has 9 heteroatoms. The van der Waals surface area contributed by atoms with Crippen molar-refractivity contribution in [3.63, 3.8) is 0 Å². The highest BCUT2D eigenvalue weighted by Crippen LogP contribution is 2.33. The van der Waals surface area contributed by atoms with Gasteiger partial charge in [0.25, 0.3) is 0 Å². The van der Waals surface area contributed by atoms with E-state index in [4.69, 9.17) is 9.47 Å². The maximum atomic E-state index is 12.9. The van der Waals surface area contributed by atoms with Gasteiger partial charge in [-0.1, -0.05) is 0 Å². The summed E-state index contributed by atoms with van der Waals surface area (Å²) in [5.41, 5.74) is 1.93. The number of hydrogen-bond donors (Lipinski definition) is 2. The molecule has 0 aliphatic carbocycles. The molecule has 1 fully saturated rings. The number of rotatable bonds is 4. The topological polar surface area (TPSA) is 93.0 Å². The fourth-order valence-electron chi connectivity index (χ4n) is 3.79. The average Bonchev–Trinajstić information content (AvgIpc) is 2.97. The van der Waals surface area contributed by atoms with Gasteiger partial charge in [-0.3, -0.25) is 14.6 Å². The highest BCUT2D eigenvalue weighted by molar-refractivity contribution is 5.79. The first kappa shape index (κ1) is 24.0. The first-order valence-electron chi connectivity index (χ1n) is 10.4. The largest absolute Gasteiger partial charge is 0.444 e. The maximum Gasteiger partial charge on any atom is 0.412 e. The van der Waals surface area contributed by atoms with Crippen LogP contribution < -0.4 is 10.6 Å². The number of carbonyl (C=O) groups excluding carboxylic acids is 1. The fourth-order valence-corrected chi connectivity index (χ4v) is 3.79. The number of carbonyl (C=O) groups is 1. The monoisotopic (exact) mass is 422 g/mol. The molecule has 1 aliphatic rings. The van der Waals surface area contributed by atoms with Crippen LogP contribution in [-0.4, -0.2) is 63.8 Å². The summed E-state index contributed by atoms with van der Waals surface area (Å²) in [6.07, 6.45) is -0.533. The number of nitrogens with one attached hydrogen (secondary N) is 2. The molecule has 2 unspecified atom stereocenters. The summed E-state index contributed by atoms with van der Waals surface area (Å²) >= 11 is 0. The lowest BCUT2D eigenvalue weighted by atomic mass is 10.1. The lowest BCUT2D eigenvalue weighted by molar-refractivity contribution is -0.0755. The molecule has 0 bridgehead atoms. The molecule has 2 heterocycles. The average molecular weight is 423 g/mol. The summed E-state index contributed by atoms with van der Waals surface area (Å²) in [6.45, 7) is 16.5. The van der Waals surface area contributed by atoms with Gasteiger partial charge in [0.2, 0.25) is 0 Å². The van der Waals surface area contributed by atoms with E-state index in [1.165, 1.54) is 0 Å². The highest BCUT2D eigenvalue weighted by Gasteiger charge is 2.49. The second-order valence-electron chi connectivity index (χ2n) is 9.27. The Morgan fingerprint density at radius 3 is 2.43 bits per heavy atom. The van der Waals surface area contributed by atoms with Crippen molar-refractivity contribution in [2.45, 2.75) is 85.4 Å². The minimum absolute atomic E-state index is 0.152. The number of amides is 1. The number of aryl methyl sites for hydroxylation is 2.